The molecule has 0 bridgehead atoms. The van der Waals surface area contributed by atoms with E-state index in [0.717, 1.165) is 11.3 Å². The van der Waals surface area contributed by atoms with Crippen molar-refractivity contribution in [2.75, 3.05) is 5.32 Å². The van der Waals surface area contributed by atoms with Crippen LogP contribution in [-0.4, -0.2) is 17.4 Å². The average Bonchev–Trinajstić information content (AvgIpc) is 2.35. The first-order valence-corrected chi connectivity index (χ1v) is 7.13. The summed E-state index contributed by atoms with van der Waals surface area (Å²) in [5.74, 6) is -0.139. The summed E-state index contributed by atoms with van der Waals surface area (Å²) in [7, 11) is 0. The lowest BCUT2D eigenvalue weighted by Gasteiger charge is -2.19. The highest BCUT2D eigenvalue weighted by Gasteiger charge is 2.15. The number of amides is 2. The molecule has 1 aromatic rings. The quantitative estimate of drug-likeness (QED) is 0.752. The van der Waals surface area contributed by atoms with E-state index >= 15 is 0 Å². The molecule has 0 aliphatic carbocycles. The molecule has 1 atom stereocenters. The van der Waals surface area contributed by atoms with Crippen molar-refractivity contribution in [2.24, 2.45) is 5.73 Å². The Bertz CT molecular complexity index is 506. The van der Waals surface area contributed by atoms with Crippen molar-refractivity contribution < 1.29 is 9.59 Å². The van der Waals surface area contributed by atoms with E-state index in [4.69, 9.17) is 5.73 Å². The third kappa shape index (κ3) is 6.90. The molecule has 1 aromatic carbocycles. The van der Waals surface area contributed by atoms with Gasteiger partial charge in [-0.1, -0.05) is 12.1 Å². The van der Waals surface area contributed by atoms with Crippen LogP contribution in [-0.2, 0) is 9.59 Å². The number of hydrogen-bond donors (Lipinski definition) is 3. The van der Waals surface area contributed by atoms with Crippen molar-refractivity contribution in [1.82, 2.24) is 5.32 Å². The van der Waals surface area contributed by atoms with Gasteiger partial charge >= 0.3 is 0 Å². The highest BCUT2D eigenvalue weighted by atomic mass is 16.2. The van der Waals surface area contributed by atoms with Crippen LogP contribution in [0.3, 0.4) is 0 Å². The molecule has 5 heteroatoms. The first-order chi connectivity index (χ1) is 9.67. The van der Waals surface area contributed by atoms with E-state index in [9.17, 15) is 9.59 Å². The predicted octanol–water partition coefficient (Wildman–Crippen LogP) is 2.34. The fraction of sp³-hybridized carbons (Fsp3) is 0.500. The van der Waals surface area contributed by atoms with Gasteiger partial charge in [0, 0.05) is 24.6 Å². The van der Waals surface area contributed by atoms with Gasteiger partial charge in [0.25, 0.3) is 0 Å². The molecule has 0 radical (unpaired) electrons. The van der Waals surface area contributed by atoms with Gasteiger partial charge in [0.05, 0.1) is 6.04 Å². The number of anilines is 1. The van der Waals surface area contributed by atoms with Gasteiger partial charge in [-0.3, -0.25) is 9.59 Å². The summed E-state index contributed by atoms with van der Waals surface area (Å²) < 4.78 is 0. The Morgan fingerprint density at radius 3 is 2.57 bits per heavy atom. The second-order valence-corrected chi connectivity index (χ2v) is 6.08. The molecule has 0 saturated carbocycles. The molecule has 0 spiro atoms. The number of rotatable bonds is 6. The topological polar surface area (TPSA) is 84.2 Å². The Hall–Kier alpha value is -1.88. The van der Waals surface area contributed by atoms with E-state index in [0.29, 0.717) is 12.8 Å². The van der Waals surface area contributed by atoms with Crippen molar-refractivity contribution in [1.29, 1.82) is 0 Å². The van der Waals surface area contributed by atoms with Crippen LogP contribution in [0.1, 0.15) is 52.1 Å². The van der Waals surface area contributed by atoms with Crippen LogP contribution in [0.15, 0.2) is 24.3 Å². The third-order valence-corrected chi connectivity index (χ3v) is 3.08. The first kappa shape index (κ1) is 17.2. The monoisotopic (exact) mass is 291 g/mol. The van der Waals surface area contributed by atoms with E-state index < -0.39 is 0 Å². The number of hydrogen-bond acceptors (Lipinski definition) is 3. The standard InChI is InChI=1S/C16H25N3O2/c1-11(18-15(21)8-9-16(3,4)17)13-6-5-7-14(10-13)19-12(2)20/h5-7,10-11H,8-9,17H2,1-4H3,(H,18,21)(H,19,20). The molecule has 0 aromatic heterocycles. The van der Waals surface area contributed by atoms with Crippen LogP contribution in [0.5, 0.6) is 0 Å². The largest absolute Gasteiger partial charge is 0.350 e. The normalized spacial score (nSPS) is 12.6. The Labute approximate surface area is 126 Å². The Morgan fingerprint density at radius 1 is 1.33 bits per heavy atom. The maximum absolute atomic E-state index is 11.9. The second-order valence-electron chi connectivity index (χ2n) is 6.08. The van der Waals surface area contributed by atoms with Gasteiger partial charge in [0.15, 0.2) is 0 Å². The molecular weight excluding hydrogens is 266 g/mol. The van der Waals surface area contributed by atoms with E-state index in [1.807, 2.05) is 45.0 Å². The molecule has 5 nitrogen and oxygen atoms in total. The third-order valence-electron chi connectivity index (χ3n) is 3.08. The first-order valence-electron chi connectivity index (χ1n) is 7.13. The fourth-order valence-electron chi connectivity index (χ4n) is 1.92. The molecule has 0 aliphatic heterocycles. The maximum atomic E-state index is 11.9. The molecular formula is C16H25N3O2. The number of nitrogens with one attached hydrogen (secondary N) is 2. The molecule has 0 aliphatic rings. The molecule has 2 amide bonds. The highest BCUT2D eigenvalue weighted by molar-refractivity contribution is 5.88. The maximum Gasteiger partial charge on any atom is 0.221 e. The SMILES string of the molecule is CC(=O)Nc1cccc(C(C)NC(=O)CCC(C)(C)N)c1. The number of benzene rings is 1. The number of nitrogens with two attached hydrogens (primary N) is 1. The van der Waals surface area contributed by atoms with Gasteiger partial charge in [0.1, 0.15) is 0 Å². The Balaban J connectivity index is 2.60. The fourth-order valence-corrected chi connectivity index (χ4v) is 1.92. The summed E-state index contributed by atoms with van der Waals surface area (Å²) in [5.41, 5.74) is 7.20. The molecule has 0 heterocycles. The molecule has 0 fully saturated rings. The average molecular weight is 291 g/mol. The predicted molar refractivity (Wildman–Crippen MR) is 84.8 cm³/mol. The summed E-state index contributed by atoms with van der Waals surface area (Å²) in [6, 6.07) is 7.33. The lowest BCUT2D eigenvalue weighted by atomic mass is 9.99. The zero-order valence-electron chi connectivity index (χ0n) is 13.2. The molecule has 0 saturated heterocycles. The van der Waals surface area contributed by atoms with Crippen LogP contribution in [0, 0.1) is 0 Å². The smallest absolute Gasteiger partial charge is 0.221 e. The number of carbonyl (C=O) groups is 2. The summed E-state index contributed by atoms with van der Waals surface area (Å²) >= 11 is 0. The number of carbonyl (C=O) groups excluding carboxylic acids is 2. The van der Waals surface area contributed by atoms with Crippen molar-refractivity contribution in [3.63, 3.8) is 0 Å². The van der Waals surface area contributed by atoms with Gasteiger partial charge in [-0.15, -0.1) is 0 Å². The summed E-state index contributed by atoms with van der Waals surface area (Å²) in [5, 5.41) is 5.67. The summed E-state index contributed by atoms with van der Waals surface area (Å²) in [6.07, 6.45) is 1.04. The van der Waals surface area contributed by atoms with Crippen molar-refractivity contribution in [3.05, 3.63) is 29.8 Å². The zero-order valence-corrected chi connectivity index (χ0v) is 13.2. The van der Waals surface area contributed by atoms with Gasteiger partial charge in [-0.2, -0.15) is 0 Å². The lowest BCUT2D eigenvalue weighted by Crippen LogP contribution is -2.35. The lowest BCUT2D eigenvalue weighted by molar-refractivity contribution is -0.122. The van der Waals surface area contributed by atoms with Crippen LogP contribution in [0.25, 0.3) is 0 Å². The Morgan fingerprint density at radius 2 is 2.00 bits per heavy atom. The highest BCUT2D eigenvalue weighted by Crippen LogP contribution is 2.18. The van der Waals surface area contributed by atoms with Gasteiger partial charge in [-0.25, -0.2) is 0 Å². The minimum atomic E-state index is -0.341. The molecule has 1 rings (SSSR count). The summed E-state index contributed by atoms with van der Waals surface area (Å²) in [6.45, 7) is 7.19. The van der Waals surface area contributed by atoms with Crippen molar-refractivity contribution in [2.45, 2.75) is 52.1 Å². The Kier molecular flexibility index (Phi) is 5.90. The van der Waals surface area contributed by atoms with Gasteiger partial charge in [0.2, 0.25) is 11.8 Å². The summed E-state index contributed by atoms with van der Waals surface area (Å²) in [4.78, 5) is 23.0. The molecule has 116 valence electrons. The van der Waals surface area contributed by atoms with Crippen molar-refractivity contribution >= 4 is 17.5 Å². The van der Waals surface area contributed by atoms with E-state index in [-0.39, 0.29) is 23.4 Å². The van der Waals surface area contributed by atoms with E-state index in [1.165, 1.54) is 6.92 Å². The van der Waals surface area contributed by atoms with E-state index in [1.54, 1.807) is 0 Å². The van der Waals surface area contributed by atoms with Gasteiger partial charge in [-0.05, 0) is 44.9 Å². The molecule has 4 N–H and O–H groups in total. The van der Waals surface area contributed by atoms with Gasteiger partial charge < -0.3 is 16.4 Å². The molecule has 21 heavy (non-hydrogen) atoms. The van der Waals surface area contributed by atoms with Crippen LogP contribution < -0.4 is 16.4 Å². The minimum absolute atomic E-state index is 0.0223. The zero-order chi connectivity index (χ0) is 16.0. The minimum Gasteiger partial charge on any atom is -0.350 e. The van der Waals surface area contributed by atoms with Crippen LogP contribution in [0.2, 0.25) is 0 Å². The van der Waals surface area contributed by atoms with Crippen molar-refractivity contribution in [3.8, 4) is 0 Å². The molecule has 1 unspecified atom stereocenters. The van der Waals surface area contributed by atoms with Crippen LogP contribution >= 0.6 is 0 Å². The van der Waals surface area contributed by atoms with Crippen LogP contribution in [0.4, 0.5) is 5.69 Å². The second kappa shape index (κ2) is 7.22. The van der Waals surface area contributed by atoms with E-state index in [2.05, 4.69) is 10.6 Å².